The Morgan fingerprint density at radius 2 is 1.62 bits per heavy atom. The van der Waals surface area contributed by atoms with Gasteiger partial charge < -0.3 is 4.90 Å². The third kappa shape index (κ3) is 5.58. The van der Waals surface area contributed by atoms with Crippen LogP contribution in [0.3, 0.4) is 0 Å². The lowest BCUT2D eigenvalue weighted by atomic mass is 9.87. The number of hydrogen-bond donors (Lipinski definition) is 0. The van der Waals surface area contributed by atoms with Crippen LogP contribution in [-0.2, 0) is 11.6 Å². The van der Waals surface area contributed by atoms with E-state index in [-0.39, 0.29) is 5.16 Å². The van der Waals surface area contributed by atoms with Crippen LogP contribution in [0.2, 0.25) is 0 Å². The minimum absolute atomic E-state index is 0.0867. The normalized spacial score (nSPS) is 16.0. The Hall–Kier alpha value is -2.51. The van der Waals surface area contributed by atoms with Crippen molar-refractivity contribution < 1.29 is 0 Å². The van der Waals surface area contributed by atoms with E-state index < -0.39 is 0 Å². The average molecular weight is 473 g/mol. The molecule has 0 aromatic heterocycles. The first-order valence-electron chi connectivity index (χ1n) is 12.8. The molecule has 1 aliphatic heterocycles. The second kappa shape index (κ2) is 11.8. The largest absolute Gasteiger partial charge is 0.371 e. The van der Waals surface area contributed by atoms with E-state index in [0.717, 1.165) is 44.3 Å². The van der Waals surface area contributed by atoms with Crippen molar-refractivity contribution in [3.8, 4) is 0 Å². The first-order chi connectivity index (χ1) is 16.7. The first kappa shape index (κ1) is 24.6. The molecule has 34 heavy (non-hydrogen) atoms. The van der Waals surface area contributed by atoms with E-state index in [4.69, 9.17) is 0 Å². The monoisotopic (exact) mass is 472 g/mol. The molecule has 1 fully saturated rings. The minimum atomic E-state index is -0.0867. The van der Waals surface area contributed by atoms with Gasteiger partial charge in [0, 0.05) is 23.9 Å². The molecule has 178 valence electrons. The van der Waals surface area contributed by atoms with Crippen LogP contribution in [0.15, 0.2) is 78.0 Å². The smallest absolute Gasteiger partial charge is 0.112 e. The molecule has 1 heterocycles. The fraction of sp³-hybridized carbons (Fsp3) is 0.400. The lowest BCUT2D eigenvalue weighted by Gasteiger charge is -2.37. The van der Waals surface area contributed by atoms with Gasteiger partial charge in [-0.25, -0.2) is 0 Å². The highest BCUT2D eigenvalue weighted by molar-refractivity contribution is 7.49. The zero-order chi connectivity index (χ0) is 23.8. The summed E-state index contributed by atoms with van der Waals surface area (Å²) < 4.78 is 0. The van der Waals surface area contributed by atoms with Crippen molar-refractivity contribution in [2.45, 2.75) is 63.9 Å². The quantitative estimate of drug-likeness (QED) is 0.221. The zero-order valence-electron chi connectivity index (χ0n) is 20.6. The van der Waals surface area contributed by atoms with E-state index in [1.165, 1.54) is 41.4 Å². The molecule has 0 radical (unpaired) electrons. The number of para-hydroxylation sites is 1. The van der Waals surface area contributed by atoms with Gasteiger partial charge in [0.05, 0.1) is 0 Å². The Morgan fingerprint density at radius 3 is 2.32 bits per heavy atom. The molecular weight excluding hydrogens is 435 g/mol. The van der Waals surface area contributed by atoms with Crippen molar-refractivity contribution in [3.63, 3.8) is 0 Å². The summed E-state index contributed by atoms with van der Waals surface area (Å²) >= 11 is 0. The third-order valence-electron chi connectivity index (χ3n) is 7.18. The van der Waals surface area contributed by atoms with Gasteiger partial charge in [0.15, 0.2) is 0 Å². The molecule has 1 saturated heterocycles. The number of benzene rings is 3. The Balaban J connectivity index is 1.74. The van der Waals surface area contributed by atoms with Crippen molar-refractivity contribution >= 4 is 25.3 Å². The van der Waals surface area contributed by atoms with Crippen LogP contribution in [0.25, 0.3) is 0 Å². The molecule has 0 aliphatic carbocycles. The molecule has 0 N–H and O–H groups in total. The Kier molecular flexibility index (Phi) is 8.51. The second-order valence-electron chi connectivity index (χ2n) is 9.48. The molecular formula is C30H37N2OP. The predicted octanol–water partition coefficient (Wildman–Crippen LogP) is 8.08. The molecule has 0 spiro atoms. The van der Waals surface area contributed by atoms with E-state index >= 15 is 0 Å². The molecule has 2 unspecified atom stereocenters. The summed E-state index contributed by atoms with van der Waals surface area (Å²) in [5.41, 5.74) is 5.66. The fourth-order valence-corrected chi connectivity index (χ4v) is 7.33. The van der Waals surface area contributed by atoms with Crippen LogP contribution in [0.5, 0.6) is 0 Å². The first-order valence-corrected chi connectivity index (χ1v) is 13.8. The number of nitroso groups, excluding NO2 is 1. The molecule has 2 atom stereocenters. The molecule has 3 nitrogen and oxygen atoms in total. The molecule has 0 bridgehead atoms. The van der Waals surface area contributed by atoms with Gasteiger partial charge >= 0.3 is 0 Å². The maximum atomic E-state index is 12.0. The number of hydrogen-bond acceptors (Lipinski definition) is 3. The van der Waals surface area contributed by atoms with Crippen LogP contribution in [0, 0.1) is 4.91 Å². The van der Waals surface area contributed by atoms with Crippen molar-refractivity contribution in [1.29, 1.82) is 0 Å². The predicted molar refractivity (Wildman–Crippen MR) is 148 cm³/mol. The molecule has 4 rings (SSSR count). The summed E-state index contributed by atoms with van der Waals surface area (Å²) in [5, 5.41) is 4.85. The van der Waals surface area contributed by atoms with Crippen LogP contribution in [0.4, 0.5) is 11.4 Å². The van der Waals surface area contributed by atoms with Crippen molar-refractivity contribution in [3.05, 3.63) is 94.4 Å². The van der Waals surface area contributed by atoms with Gasteiger partial charge in [-0.1, -0.05) is 89.5 Å². The number of anilines is 1. The summed E-state index contributed by atoms with van der Waals surface area (Å²) in [4.78, 5) is 14.5. The van der Waals surface area contributed by atoms with Gasteiger partial charge in [0.1, 0.15) is 5.69 Å². The topological polar surface area (TPSA) is 32.7 Å². The minimum Gasteiger partial charge on any atom is -0.371 e. The standard InChI is InChI=1S/C30H37N2OP/c1-3-19-30(4-2,34-29-16-10-9-15-28(29)32-20-11-6-12-21-32)26-23-25(17-18-27(26)31-33)22-24-13-7-5-8-14-24/h5,7-10,13-18,23,34H,3-4,6,11-12,19-22H2,1-2H3. The van der Waals surface area contributed by atoms with Gasteiger partial charge in [-0.2, -0.15) is 0 Å². The van der Waals surface area contributed by atoms with E-state index in [0.29, 0.717) is 14.3 Å². The molecule has 0 saturated carbocycles. The van der Waals surface area contributed by atoms with Gasteiger partial charge in [0.2, 0.25) is 0 Å². The zero-order valence-corrected chi connectivity index (χ0v) is 21.6. The van der Waals surface area contributed by atoms with E-state index in [9.17, 15) is 4.91 Å². The van der Waals surface area contributed by atoms with Gasteiger partial charge in [-0.3, -0.25) is 0 Å². The highest BCUT2D eigenvalue weighted by Crippen LogP contribution is 2.52. The molecule has 0 amide bonds. The fourth-order valence-electron chi connectivity index (χ4n) is 5.38. The Labute approximate surface area is 206 Å². The maximum Gasteiger partial charge on any atom is 0.112 e. The molecule has 1 aliphatic rings. The molecule has 3 aromatic carbocycles. The van der Waals surface area contributed by atoms with Gasteiger partial charge in [-0.15, -0.1) is 4.91 Å². The van der Waals surface area contributed by atoms with Crippen LogP contribution in [-0.4, -0.2) is 13.1 Å². The summed E-state index contributed by atoms with van der Waals surface area (Å²) in [6.07, 6.45) is 7.86. The highest BCUT2D eigenvalue weighted by Gasteiger charge is 2.34. The van der Waals surface area contributed by atoms with Crippen molar-refractivity contribution in [1.82, 2.24) is 0 Å². The van der Waals surface area contributed by atoms with Gasteiger partial charge in [0.25, 0.3) is 0 Å². The molecule has 4 heteroatoms. The summed E-state index contributed by atoms with van der Waals surface area (Å²) in [5.74, 6) is 0. The number of rotatable bonds is 10. The van der Waals surface area contributed by atoms with E-state index in [1.807, 2.05) is 6.07 Å². The van der Waals surface area contributed by atoms with Crippen molar-refractivity contribution in [2.24, 2.45) is 5.18 Å². The second-order valence-corrected chi connectivity index (χ2v) is 11.2. The van der Waals surface area contributed by atoms with E-state index in [1.54, 1.807) is 0 Å². The number of piperidine rings is 1. The lowest BCUT2D eigenvalue weighted by molar-refractivity contribution is 0.537. The van der Waals surface area contributed by atoms with Gasteiger partial charge in [-0.05, 0) is 77.8 Å². The SMILES string of the molecule is CCCC(CC)(Pc1ccccc1N1CCCCC1)c1cc(Cc2ccccc2)ccc1N=O. The Bertz CT molecular complexity index is 1080. The van der Waals surface area contributed by atoms with Crippen LogP contribution >= 0.6 is 8.58 Å². The summed E-state index contributed by atoms with van der Waals surface area (Å²) in [6.45, 7) is 6.82. The maximum absolute atomic E-state index is 12.0. The number of nitrogens with zero attached hydrogens (tertiary/aromatic N) is 2. The van der Waals surface area contributed by atoms with Crippen LogP contribution in [0.1, 0.15) is 69.1 Å². The Morgan fingerprint density at radius 1 is 0.882 bits per heavy atom. The highest BCUT2D eigenvalue weighted by atomic mass is 31.1. The van der Waals surface area contributed by atoms with Crippen LogP contribution < -0.4 is 10.2 Å². The summed E-state index contributed by atoms with van der Waals surface area (Å²) in [7, 11) is 0.596. The average Bonchev–Trinajstić information content (AvgIpc) is 2.90. The third-order valence-corrected chi connectivity index (χ3v) is 9.22. The van der Waals surface area contributed by atoms with E-state index in [2.05, 4.69) is 90.7 Å². The molecule has 3 aromatic rings. The lowest BCUT2D eigenvalue weighted by Crippen LogP contribution is -2.33. The van der Waals surface area contributed by atoms with Crippen molar-refractivity contribution in [2.75, 3.05) is 18.0 Å². The summed E-state index contributed by atoms with van der Waals surface area (Å²) in [6, 6.07) is 25.8.